The van der Waals surface area contributed by atoms with Crippen LogP contribution in [0.15, 0.2) is 28.9 Å². The van der Waals surface area contributed by atoms with Crippen LogP contribution in [0.5, 0.6) is 0 Å². The predicted molar refractivity (Wildman–Crippen MR) is 154 cm³/mol. The molecule has 2 aromatic rings. The summed E-state index contributed by atoms with van der Waals surface area (Å²) in [6.07, 6.45) is 7.13. The van der Waals surface area contributed by atoms with E-state index in [4.69, 9.17) is 4.52 Å². The van der Waals surface area contributed by atoms with Gasteiger partial charge in [0.05, 0.1) is 18.3 Å². The first-order valence-electron chi connectivity index (χ1n) is 13.2. The summed E-state index contributed by atoms with van der Waals surface area (Å²) >= 11 is 0. The smallest absolute Gasteiger partial charge is 0.246 e. The van der Waals surface area contributed by atoms with E-state index in [2.05, 4.69) is 70.6 Å². The zero-order valence-corrected chi connectivity index (χ0v) is 24.2. The zero-order valence-electron chi connectivity index (χ0n) is 24.2. The number of hydrogen-bond acceptors (Lipinski definition) is 9. The molecule has 2 heterocycles. The third kappa shape index (κ3) is 11.6. The molecule has 2 rings (SSSR count). The average Bonchev–Trinajstić information content (AvgIpc) is 3.34. The van der Waals surface area contributed by atoms with Crippen LogP contribution in [0.3, 0.4) is 0 Å². The van der Waals surface area contributed by atoms with Gasteiger partial charge in [0.1, 0.15) is 11.6 Å². The molecular weight excluding hydrogens is 496 g/mol. The predicted octanol–water partition coefficient (Wildman–Crippen LogP) is 3.15. The number of amides is 2. The number of likely N-dealkylation sites (N-methyl/N-ethyl adjacent to an activating group) is 2. The summed E-state index contributed by atoms with van der Waals surface area (Å²) in [4.78, 5) is 36.5. The lowest BCUT2D eigenvalue weighted by atomic mass is 9.93. The van der Waals surface area contributed by atoms with E-state index in [-0.39, 0.29) is 23.8 Å². The fourth-order valence-corrected chi connectivity index (χ4v) is 3.12. The Morgan fingerprint density at radius 1 is 1.18 bits per heavy atom. The average molecular weight is 539 g/mol. The van der Waals surface area contributed by atoms with Crippen LogP contribution in [0.1, 0.15) is 58.3 Å². The number of nitrogens with one attached hydrogen (secondary N) is 3. The van der Waals surface area contributed by atoms with Gasteiger partial charge in [-0.1, -0.05) is 50.8 Å². The monoisotopic (exact) mass is 538 g/mol. The van der Waals surface area contributed by atoms with Gasteiger partial charge < -0.3 is 30.3 Å². The van der Waals surface area contributed by atoms with Crippen LogP contribution in [-0.4, -0.2) is 84.1 Å². The molecule has 3 N–H and O–H groups in total. The molecule has 0 saturated carbocycles. The Bertz CT molecular complexity index is 1170. The van der Waals surface area contributed by atoms with Crippen LogP contribution < -0.4 is 16.0 Å². The molecule has 11 nitrogen and oxygen atoms in total. The normalized spacial score (nSPS) is 11.3. The first-order chi connectivity index (χ1) is 18.5. The Morgan fingerprint density at radius 2 is 1.95 bits per heavy atom. The lowest BCUT2D eigenvalue weighted by Gasteiger charge is -2.14. The van der Waals surface area contributed by atoms with E-state index in [1.807, 2.05) is 25.1 Å². The molecule has 39 heavy (non-hydrogen) atoms. The Balaban J connectivity index is 1.86. The molecule has 0 aromatic carbocycles. The number of carbonyl (C=O) groups excluding carboxylic acids is 2. The maximum absolute atomic E-state index is 12.1. The van der Waals surface area contributed by atoms with Crippen LogP contribution in [0.2, 0.25) is 0 Å². The molecule has 0 aliphatic rings. The minimum atomic E-state index is -0.205. The molecule has 0 spiro atoms. The van der Waals surface area contributed by atoms with E-state index in [0.29, 0.717) is 49.1 Å². The summed E-state index contributed by atoms with van der Waals surface area (Å²) in [5, 5.41) is 13.3. The van der Waals surface area contributed by atoms with E-state index in [0.717, 1.165) is 18.7 Å². The summed E-state index contributed by atoms with van der Waals surface area (Å²) in [7, 11) is 5.45. The fourth-order valence-electron chi connectivity index (χ4n) is 3.12. The van der Waals surface area contributed by atoms with Crippen molar-refractivity contribution >= 4 is 29.4 Å². The molecule has 0 bridgehead atoms. The Labute approximate surface area is 231 Å². The van der Waals surface area contributed by atoms with Crippen molar-refractivity contribution < 1.29 is 14.1 Å². The third-order valence-corrected chi connectivity index (χ3v) is 5.33. The van der Waals surface area contributed by atoms with Gasteiger partial charge in [-0.2, -0.15) is 4.98 Å². The number of hydrogen-bond donors (Lipinski definition) is 3. The summed E-state index contributed by atoms with van der Waals surface area (Å²) in [6, 6.07) is 1.84. The number of aromatic nitrogens is 3. The Morgan fingerprint density at radius 3 is 2.62 bits per heavy atom. The van der Waals surface area contributed by atoms with Gasteiger partial charge in [-0.15, -0.1) is 0 Å². The number of rotatable bonds is 13. The number of carbonyl (C=O) groups is 2. The van der Waals surface area contributed by atoms with Gasteiger partial charge in [0, 0.05) is 50.7 Å². The molecule has 2 amide bonds. The van der Waals surface area contributed by atoms with Crippen molar-refractivity contribution in [2.75, 3.05) is 58.0 Å². The summed E-state index contributed by atoms with van der Waals surface area (Å²) in [5.74, 6) is 8.18. The molecule has 11 heteroatoms. The number of nitrogens with zero attached hydrogens (tertiary/aromatic N) is 5. The number of unbranched alkanes of at least 4 members (excludes halogenated alkanes) is 1. The van der Waals surface area contributed by atoms with E-state index < -0.39 is 0 Å². The van der Waals surface area contributed by atoms with Gasteiger partial charge in [0.15, 0.2) is 5.82 Å². The lowest BCUT2D eigenvalue weighted by molar-refractivity contribution is -0.131. The molecule has 212 valence electrons. The van der Waals surface area contributed by atoms with Crippen LogP contribution in [0, 0.1) is 11.8 Å². The largest absolute Gasteiger partial charge is 0.369 e. The number of anilines is 3. The van der Waals surface area contributed by atoms with Crippen molar-refractivity contribution in [1.82, 2.24) is 30.2 Å². The van der Waals surface area contributed by atoms with Crippen LogP contribution in [0.25, 0.3) is 0 Å². The van der Waals surface area contributed by atoms with Crippen LogP contribution >= 0.6 is 0 Å². The quantitative estimate of drug-likeness (QED) is 0.200. The zero-order chi connectivity index (χ0) is 28.8. The highest BCUT2D eigenvalue weighted by Crippen LogP contribution is 2.25. The summed E-state index contributed by atoms with van der Waals surface area (Å²) < 4.78 is 5.42. The third-order valence-electron chi connectivity index (χ3n) is 5.33. The van der Waals surface area contributed by atoms with E-state index in [1.54, 1.807) is 19.3 Å². The second-order valence-corrected chi connectivity index (χ2v) is 10.4. The fraction of sp³-hybridized carbons (Fsp3) is 0.536. The van der Waals surface area contributed by atoms with Crippen molar-refractivity contribution in [3.63, 3.8) is 0 Å². The molecule has 2 aromatic heterocycles. The topological polar surface area (TPSA) is 129 Å². The van der Waals surface area contributed by atoms with E-state index >= 15 is 0 Å². The van der Waals surface area contributed by atoms with Gasteiger partial charge in [0.25, 0.3) is 0 Å². The van der Waals surface area contributed by atoms with Crippen molar-refractivity contribution in [3.05, 3.63) is 35.7 Å². The molecule has 0 aliphatic heterocycles. The molecule has 0 atom stereocenters. The molecular formula is C28H42N8O3. The van der Waals surface area contributed by atoms with Gasteiger partial charge in [-0.05, 0) is 26.9 Å². The van der Waals surface area contributed by atoms with Crippen LogP contribution in [-0.2, 0) is 15.0 Å². The molecule has 0 aliphatic carbocycles. The maximum Gasteiger partial charge on any atom is 0.246 e. The lowest BCUT2D eigenvalue weighted by Crippen LogP contribution is -2.38. The minimum absolute atomic E-state index is 0.00680. The molecule has 0 saturated heterocycles. The molecule has 0 radical (unpaired) electrons. The SMILES string of the molecule is CCCNc1nc(Nc2cc(C(C)(C)C)on2)ncc1C#CCCCNC(=O)CN(C)C(=O)/C=C/CN(C)C. The van der Waals surface area contributed by atoms with Crippen molar-refractivity contribution in [3.8, 4) is 11.8 Å². The van der Waals surface area contributed by atoms with Crippen LogP contribution in [0.4, 0.5) is 17.6 Å². The second-order valence-electron chi connectivity index (χ2n) is 10.4. The standard InChI is InChI=1S/C28H42N8O3/c1-8-15-30-26-21(19-31-27(33-26)32-23-18-22(39-34-23)28(2,3)4)13-10-9-11-16-29-24(37)20-36(7)25(38)14-12-17-35(5)6/h12,14,18-19H,8-9,11,15-17,20H2,1-7H3,(H,29,37)(H2,30,31,32,33,34)/b14-12+. The van der Waals surface area contributed by atoms with Crippen molar-refractivity contribution in [2.24, 2.45) is 0 Å². The second kappa shape index (κ2) is 15.5. The summed E-state index contributed by atoms with van der Waals surface area (Å²) in [6.45, 7) is 10.1. The van der Waals surface area contributed by atoms with Crippen molar-refractivity contribution in [2.45, 2.75) is 52.4 Å². The highest BCUT2D eigenvalue weighted by molar-refractivity contribution is 5.91. The first kappa shape index (κ1) is 31.3. The highest BCUT2D eigenvalue weighted by atomic mass is 16.5. The first-order valence-corrected chi connectivity index (χ1v) is 13.2. The summed E-state index contributed by atoms with van der Waals surface area (Å²) in [5.41, 5.74) is 0.540. The van der Waals surface area contributed by atoms with Crippen molar-refractivity contribution in [1.29, 1.82) is 0 Å². The van der Waals surface area contributed by atoms with Gasteiger partial charge >= 0.3 is 0 Å². The molecule has 0 fully saturated rings. The van der Waals surface area contributed by atoms with Gasteiger partial charge in [-0.25, -0.2) is 4.98 Å². The molecule has 0 unspecified atom stereocenters. The Kier molecular flexibility index (Phi) is 12.4. The van der Waals surface area contributed by atoms with E-state index in [1.165, 1.54) is 11.0 Å². The minimum Gasteiger partial charge on any atom is -0.369 e. The maximum atomic E-state index is 12.1. The highest BCUT2D eigenvalue weighted by Gasteiger charge is 2.20. The van der Waals surface area contributed by atoms with Gasteiger partial charge in [0.2, 0.25) is 17.8 Å². The van der Waals surface area contributed by atoms with Gasteiger partial charge in [-0.3, -0.25) is 9.59 Å². The Hall–Kier alpha value is -3.91. The van der Waals surface area contributed by atoms with E-state index in [9.17, 15) is 9.59 Å².